The second kappa shape index (κ2) is 6.56. The summed E-state index contributed by atoms with van der Waals surface area (Å²) in [4.78, 5) is 10.2. The lowest BCUT2D eigenvalue weighted by molar-refractivity contribution is -0.384. The van der Waals surface area contributed by atoms with Crippen LogP contribution in [0, 0.1) is 10.1 Å². The van der Waals surface area contributed by atoms with E-state index in [1.165, 1.54) is 12.1 Å². The molecule has 0 aliphatic carbocycles. The van der Waals surface area contributed by atoms with Gasteiger partial charge >= 0.3 is 0 Å². The van der Waals surface area contributed by atoms with Gasteiger partial charge in [-0.25, -0.2) is 0 Å². The minimum absolute atomic E-state index is 0.0916. The molecule has 2 aromatic carbocycles. The van der Waals surface area contributed by atoms with Crippen LogP contribution in [0.4, 0.5) is 11.4 Å². The van der Waals surface area contributed by atoms with Gasteiger partial charge in [0.15, 0.2) is 0 Å². The topological polar surface area (TPSA) is 64.4 Å². The standard InChI is InChI=1S/C15H16N2O3/c1-2-20-15-5-3-4-12(10-15)11-16-13-6-8-14(9-7-13)17(18)19/h3-10,16H,2,11H2,1H3. The number of nitrogens with one attached hydrogen (secondary N) is 1. The summed E-state index contributed by atoms with van der Waals surface area (Å²) in [5, 5.41) is 13.8. The van der Waals surface area contributed by atoms with E-state index in [1.807, 2.05) is 31.2 Å². The second-order valence-electron chi connectivity index (χ2n) is 4.24. The summed E-state index contributed by atoms with van der Waals surface area (Å²) in [7, 11) is 0. The lowest BCUT2D eigenvalue weighted by atomic mass is 10.2. The molecule has 0 spiro atoms. The van der Waals surface area contributed by atoms with Gasteiger partial charge in [0.05, 0.1) is 11.5 Å². The van der Waals surface area contributed by atoms with Crippen molar-refractivity contribution < 1.29 is 9.66 Å². The van der Waals surface area contributed by atoms with Crippen LogP contribution in [0.5, 0.6) is 5.75 Å². The van der Waals surface area contributed by atoms with Crippen molar-refractivity contribution in [1.29, 1.82) is 0 Å². The van der Waals surface area contributed by atoms with E-state index in [2.05, 4.69) is 5.32 Å². The van der Waals surface area contributed by atoms with Crippen LogP contribution in [0.15, 0.2) is 48.5 Å². The maximum Gasteiger partial charge on any atom is 0.269 e. The summed E-state index contributed by atoms with van der Waals surface area (Å²) < 4.78 is 5.44. The van der Waals surface area contributed by atoms with E-state index in [4.69, 9.17) is 4.74 Å². The number of hydrogen-bond donors (Lipinski definition) is 1. The average Bonchev–Trinajstić information content (AvgIpc) is 2.46. The molecule has 0 aliphatic heterocycles. The molecule has 0 radical (unpaired) electrons. The van der Waals surface area contributed by atoms with E-state index >= 15 is 0 Å². The first-order chi connectivity index (χ1) is 9.69. The van der Waals surface area contributed by atoms with Crippen molar-refractivity contribution in [3.05, 3.63) is 64.2 Å². The summed E-state index contributed by atoms with van der Waals surface area (Å²) in [5.74, 6) is 0.843. The summed E-state index contributed by atoms with van der Waals surface area (Å²) in [6.45, 7) is 3.22. The highest BCUT2D eigenvalue weighted by atomic mass is 16.6. The molecule has 0 fully saturated rings. The number of nitro groups is 1. The van der Waals surface area contributed by atoms with Crippen molar-refractivity contribution in [3.8, 4) is 5.75 Å². The normalized spacial score (nSPS) is 10.1. The van der Waals surface area contributed by atoms with Crippen molar-refractivity contribution in [1.82, 2.24) is 0 Å². The minimum Gasteiger partial charge on any atom is -0.494 e. The summed E-state index contributed by atoms with van der Waals surface area (Å²) in [6.07, 6.45) is 0. The summed E-state index contributed by atoms with van der Waals surface area (Å²) in [5.41, 5.74) is 2.03. The zero-order valence-electron chi connectivity index (χ0n) is 11.2. The number of non-ortho nitro benzene ring substituents is 1. The van der Waals surface area contributed by atoms with Crippen LogP contribution < -0.4 is 10.1 Å². The number of nitro benzene ring substituents is 1. The number of benzene rings is 2. The smallest absolute Gasteiger partial charge is 0.269 e. The zero-order chi connectivity index (χ0) is 14.4. The van der Waals surface area contributed by atoms with Crippen molar-refractivity contribution >= 4 is 11.4 Å². The van der Waals surface area contributed by atoms with Crippen molar-refractivity contribution in [2.75, 3.05) is 11.9 Å². The average molecular weight is 272 g/mol. The zero-order valence-corrected chi connectivity index (χ0v) is 11.2. The molecule has 0 aromatic heterocycles. The van der Waals surface area contributed by atoms with Crippen LogP contribution in [0.25, 0.3) is 0 Å². The molecular weight excluding hydrogens is 256 g/mol. The van der Waals surface area contributed by atoms with Crippen LogP contribution in [-0.4, -0.2) is 11.5 Å². The quantitative estimate of drug-likeness (QED) is 0.644. The molecule has 2 rings (SSSR count). The SMILES string of the molecule is CCOc1cccc(CNc2ccc([N+](=O)[O-])cc2)c1. The van der Waals surface area contributed by atoms with Crippen LogP contribution >= 0.6 is 0 Å². The molecule has 5 nitrogen and oxygen atoms in total. The van der Waals surface area contributed by atoms with Gasteiger partial charge in [0.2, 0.25) is 0 Å². The first-order valence-corrected chi connectivity index (χ1v) is 6.39. The molecule has 0 unspecified atom stereocenters. The molecule has 0 amide bonds. The van der Waals surface area contributed by atoms with Crippen LogP contribution in [0.1, 0.15) is 12.5 Å². The number of ether oxygens (including phenoxy) is 1. The van der Waals surface area contributed by atoms with Gasteiger partial charge < -0.3 is 10.1 Å². The molecule has 20 heavy (non-hydrogen) atoms. The lowest BCUT2D eigenvalue weighted by Gasteiger charge is -2.08. The van der Waals surface area contributed by atoms with Gasteiger partial charge in [-0.1, -0.05) is 12.1 Å². The Balaban J connectivity index is 1.97. The Bertz CT molecular complexity index is 582. The summed E-state index contributed by atoms with van der Waals surface area (Å²) in [6, 6.07) is 14.2. The maximum absolute atomic E-state index is 10.6. The number of anilines is 1. The molecule has 0 aliphatic rings. The van der Waals surface area contributed by atoms with Crippen molar-refractivity contribution in [2.24, 2.45) is 0 Å². The monoisotopic (exact) mass is 272 g/mol. The minimum atomic E-state index is -0.407. The molecule has 0 bridgehead atoms. The Labute approximate surface area is 117 Å². The lowest BCUT2D eigenvalue weighted by Crippen LogP contribution is -2.00. The van der Waals surface area contributed by atoms with E-state index in [-0.39, 0.29) is 5.69 Å². The molecule has 0 heterocycles. The Hall–Kier alpha value is -2.56. The number of rotatable bonds is 6. The predicted octanol–water partition coefficient (Wildman–Crippen LogP) is 3.61. The van der Waals surface area contributed by atoms with Crippen molar-refractivity contribution in [3.63, 3.8) is 0 Å². The molecular formula is C15H16N2O3. The van der Waals surface area contributed by atoms with Gasteiger partial charge in [-0.2, -0.15) is 0 Å². The molecule has 0 saturated carbocycles. The molecule has 2 aromatic rings. The molecule has 104 valence electrons. The van der Waals surface area contributed by atoms with Gasteiger partial charge in [-0.15, -0.1) is 0 Å². The van der Waals surface area contributed by atoms with Gasteiger partial charge in [-0.3, -0.25) is 10.1 Å². The Kier molecular flexibility index (Phi) is 4.55. The van der Waals surface area contributed by atoms with Crippen LogP contribution in [-0.2, 0) is 6.54 Å². The summed E-state index contributed by atoms with van der Waals surface area (Å²) >= 11 is 0. The fraction of sp³-hybridized carbons (Fsp3) is 0.200. The molecule has 0 atom stereocenters. The first kappa shape index (κ1) is 13.9. The van der Waals surface area contributed by atoms with E-state index < -0.39 is 4.92 Å². The Morgan fingerprint density at radius 1 is 1.20 bits per heavy atom. The third-order valence-electron chi connectivity index (χ3n) is 2.78. The highest BCUT2D eigenvalue weighted by Crippen LogP contribution is 2.18. The van der Waals surface area contributed by atoms with Gasteiger partial charge in [0, 0.05) is 24.4 Å². The number of nitrogens with zero attached hydrogens (tertiary/aromatic N) is 1. The van der Waals surface area contributed by atoms with Gasteiger partial charge in [0.1, 0.15) is 5.75 Å². The first-order valence-electron chi connectivity index (χ1n) is 6.39. The Morgan fingerprint density at radius 2 is 1.95 bits per heavy atom. The van der Waals surface area contributed by atoms with E-state index in [9.17, 15) is 10.1 Å². The fourth-order valence-corrected chi connectivity index (χ4v) is 1.82. The largest absolute Gasteiger partial charge is 0.494 e. The third kappa shape index (κ3) is 3.71. The maximum atomic E-state index is 10.6. The van der Waals surface area contributed by atoms with Crippen LogP contribution in [0.2, 0.25) is 0 Å². The van der Waals surface area contributed by atoms with Gasteiger partial charge in [-0.05, 0) is 36.8 Å². The van der Waals surface area contributed by atoms with E-state index in [0.717, 1.165) is 17.0 Å². The highest BCUT2D eigenvalue weighted by Gasteiger charge is 2.03. The molecule has 5 heteroatoms. The highest BCUT2D eigenvalue weighted by molar-refractivity contribution is 5.49. The number of hydrogen-bond acceptors (Lipinski definition) is 4. The predicted molar refractivity (Wildman–Crippen MR) is 78.0 cm³/mol. The molecule has 1 N–H and O–H groups in total. The van der Waals surface area contributed by atoms with E-state index in [0.29, 0.717) is 13.2 Å². The van der Waals surface area contributed by atoms with Crippen molar-refractivity contribution in [2.45, 2.75) is 13.5 Å². The fourth-order valence-electron chi connectivity index (χ4n) is 1.82. The third-order valence-corrected chi connectivity index (χ3v) is 2.78. The Morgan fingerprint density at radius 3 is 2.60 bits per heavy atom. The van der Waals surface area contributed by atoms with Gasteiger partial charge in [0.25, 0.3) is 5.69 Å². The van der Waals surface area contributed by atoms with Crippen LogP contribution in [0.3, 0.4) is 0 Å². The molecule has 0 saturated heterocycles. The second-order valence-corrected chi connectivity index (χ2v) is 4.24. The van der Waals surface area contributed by atoms with E-state index in [1.54, 1.807) is 12.1 Å².